The minimum Gasteiger partial charge on any atom is -0.325 e. The Kier molecular flexibility index (Phi) is 6.92. The highest BCUT2D eigenvalue weighted by Crippen LogP contribution is 2.16. The van der Waals surface area contributed by atoms with Gasteiger partial charge in [0, 0.05) is 23.3 Å². The molecule has 0 spiro atoms. The maximum absolute atomic E-state index is 12.2. The lowest BCUT2D eigenvalue weighted by Crippen LogP contribution is -2.33. The van der Waals surface area contributed by atoms with Crippen LogP contribution in [-0.2, 0) is 11.3 Å². The Bertz CT molecular complexity index is 767. The number of anilines is 2. The average Bonchev–Trinajstić information content (AvgIpc) is 3.01. The molecule has 1 aliphatic heterocycles. The van der Waals surface area contributed by atoms with Crippen LogP contribution in [0.25, 0.3) is 0 Å². The van der Waals surface area contributed by atoms with Gasteiger partial charge in [0.25, 0.3) is 5.91 Å². The van der Waals surface area contributed by atoms with Crippen molar-refractivity contribution in [3.63, 3.8) is 0 Å². The third-order valence-corrected chi connectivity index (χ3v) is 5.32. The van der Waals surface area contributed by atoms with E-state index >= 15 is 0 Å². The number of likely N-dealkylation sites (tertiary alicyclic amines) is 1. The molecule has 144 valence electrons. The molecule has 0 atom stereocenters. The molecule has 1 saturated heterocycles. The highest BCUT2D eigenvalue weighted by Gasteiger charge is 2.13. The van der Waals surface area contributed by atoms with Crippen molar-refractivity contribution < 1.29 is 9.59 Å². The fourth-order valence-corrected chi connectivity index (χ4v) is 3.69. The second-order valence-corrected chi connectivity index (χ2v) is 7.54. The molecule has 2 heterocycles. The zero-order valence-corrected chi connectivity index (χ0v) is 16.1. The minimum atomic E-state index is -0.274. The quantitative estimate of drug-likeness (QED) is 0.707. The van der Waals surface area contributed by atoms with Gasteiger partial charge in [0.15, 0.2) is 0 Å². The third kappa shape index (κ3) is 5.85. The first kappa shape index (κ1) is 19.5. The molecule has 27 heavy (non-hydrogen) atoms. The van der Waals surface area contributed by atoms with Crippen LogP contribution >= 0.6 is 11.3 Å². The smallest absolute Gasteiger partial charge is 0.275 e. The van der Waals surface area contributed by atoms with Gasteiger partial charge in [0.05, 0.1) is 6.54 Å². The van der Waals surface area contributed by atoms with Gasteiger partial charge in [-0.15, -0.1) is 11.3 Å². The van der Waals surface area contributed by atoms with Crippen molar-refractivity contribution in [3.8, 4) is 0 Å². The summed E-state index contributed by atoms with van der Waals surface area (Å²) in [7, 11) is 0. The van der Waals surface area contributed by atoms with Crippen LogP contribution in [0.5, 0.6) is 0 Å². The largest absolute Gasteiger partial charge is 0.325 e. The van der Waals surface area contributed by atoms with Crippen molar-refractivity contribution in [1.29, 1.82) is 0 Å². The van der Waals surface area contributed by atoms with Gasteiger partial charge in [-0.25, -0.2) is 4.98 Å². The predicted octanol–water partition coefficient (Wildman–Crippen LogP) is 2.67. The van der Waals surface area contributed by atoms with Crippen LogP contribution in [0, 0.1) is 0 Å². The molecule has 0 saturated carbocycles. The lowest BCUT2D eigenvalue weighted by molar-refractivity contribution is -0.117. The number of thiazole rings is 1. The second kappa shape index (κ2) is 9.59. The van der Waals surface area contributed by atoms with E-state index in [0.29, 0.717) is 30.2 Å². The number of nitrogens with two attached hydrogens (primary N) is 1. The van der Waals surface area contributed by atoms with Gasteiger partial charge in [-0.1, -0.05) is 12.8 Å². The van der Waals surface area contributed by atoms with Crippen LogP contribution in [0.3, 0.4) is 0 Å². The molecule has 1 aromatic carbocycles. The summed E-state index contributed by atoms with van der Waals surface area (Å²) in [6.45, 7) is 2.72. The molecular weight excluding hydrogens is 362 g/mol. The molecule has 0 unspecified atom stereocenters. The summed E-state index contributed by atoms with van der Waals surface area (Å²) in [6, 6.07) is 7.08. The van der Waals surface area contributed by atoms with E-state index in [2.05, 4.69) is 20.5 Å². The molecule has 0 bridgehead atoms. The normalized spacial score (nSPS) is 15.1. The highest BCUT2D eigenvalue weighted by molar-refractivity contribution is 7.09. The van der Waals surface area contributed by atoms with Gasteiger partial charge >= 0.3 is 0 Å². The van der Waals surface area contributed by atoms with Gasteiger partial charge in [0.1, 0.15) is 10.7 Å². The molecule has 2 amide bonds. The number of aromatic nitrogens is 1. The fraction of sp³-hybridized carbons (Fsp3) is 0.421. The number of carbonyl (C=O) groups excluding carboxylic acids is 2. The summed E-state index contributed by atoms with van der Waals surface area (Å²) < 4.78 is 0. The molecule has 1 fully saturated rings. The van der Waals surface area contributed by atoms with Crippen molar-refractivity contribution in [2.75, 3.05) is 30.3 Å². The number of nitrogens with zero attached hydrogens (tertiary/aromatic N) is 2. The van der Waals surface area contributed by atoms with Crippen LogP contribution in [0.15, 0.2) is 29.6 Å². The van der Waals surface area contributed by atoms with Gasteiger partial charge < -0.3 is 16.4 Å². The summed E-state index contributed by atoms with van der Waals surface area (Å²) in [5, 5.41) is 8.12. The first-order chi connectivity index (χ1) is 13.1. The second-order valence-electron chi connectivity index (χ2n) is 6.60. The number of carbonyl (C=O) groups is 2. The topological polar surface area (TPSA) is 100 Å². The molecule has 8 heteroatoms. The molecule has 4 N–H and O–H groups in total. The third-order valence-electron chi connectivity index (χ3n) is 4.45. The molecule has 1 aliphatic rings. The molecular formula is C19H25N5O2S. The number of rotatable bonds is 6. The molecule has 7 nitrogen and oxygen atoms in total. The van der Waals surface area contributed by atoms with E-state index in [9.17, 15) is 9.59 Å². The number of benzene rings is 1. The van der Waals surface area contributed by atoms with E-state index in [1.54, 1.807) is 29.6 Å². The number of hydrogen-bond acceptors (Lipinski definition) is 6. The zero-order valence-electron chi connectivity index (χ0n) is 15.2. The summed E-state index contributed by atoms with van der Waals surface area (Å²) in [4.78, 5) is 30.8. The Hall–Kier alpha value is -2.29. The lowest BCUT2D eigenvalue weighted by atomic mass is 10.2. The van der Waals surface area contributed by atoms with Crippen LogP contribution in [0.1, 0.15) is 41.2 Å². The maximum atomic E-state index is 12.2. The Morgan fingerprint density at radius 3 is 2.26 bits per heavy atom. The van der Waals surface area contributed by atoms with E-state index in [4.69, 9.17) is 5.73 Å². The Balaban J connectivity index is 1.50. The molecule has 3 rings (SSSR count). The first-order valence-corrected chi connectivity index (χ1v) is 10.1. The van der Waals surface area contributed by atoms with Gasteiger partial charge in [-0.2, -0.15) is 0 Å². The van der Waals surface area contributed by atoms with Crippen molar-refractivity contribution in [3.05, 3.63) is 40.3 Å². The van der Waals surface area contributed by atoms with Gasteiger partial charge in [-0.05, 0) is 50.2 Å². The SMILES string of the molecule is NCc1nc(C(=O)Nc2ccc(NC(=O)CN3CCCCCC3)cc2)cs1. The van der Waals surface area contributed by atoms with Crippen LogP contribution < -0.4 is 16.4 Å². The van der Waals surface area contributed by atoms with E-state index in [0.717, 1.165) is 30.9 Å². The lowest BCUT2D eigenvalue weighted by Gasteiger charge is -2.19. The van der Waals surface area contributed by atoms with E-state index in [-0.39, 0.29) is 11.8 Å². The Morgan fingerprint density at radius 1 is 1.04 bits per heavy atom. The summed E-state index contributed by atoms with van der Waals surface area (Å²) in [5.41, 5.74) is 7.24. The van der Waals surface area contributed by atoms with Gasteiger partial charge in [0.2, 0.25) is 5.91 Å². The van der Waals surface area contributed by atoms with Crippen molar-refractivity contribution in [1.82, 2.24) is 9.88 Å². The molecule has 0 radical (unpaired) electrons. The Morgan fingerprint density at radius 2 is 1.67 bits per heavy atom. The van der Waals surface area contributed by atoms with Crippen molar-refractivity contribution in [2.45, 2.75) is 32.2 Å². The summed E-state index contributed by atoms with van der Waals surface area (Å²) >= 11 is 1.36. The number of amides is 2. The van der Waals surface area contributed by atoms with Crippen LogP contribution in [0.4, 0.5) is 11.4 Å². The summed E-state index contributed by atoms with van der Waals surface area (Å²) in [5.74, 6) is -0.283. The molecule has 0 aliphatic carbocycles. The maximum Gasteiger partial charge on any atom is 0.275 e. The van der Waals surface area contributed by atoms with E-state index in [1.807, 2.05) is 0 Å². The van der Waals surface area contributed by atoms with Crippen molar-refractivity contribution in [2.24, 2.45) is 5.73 Å². The number of hydrogen-bond donors (Lipinski definition) is 3. The molecule has 2 aromatic rings. The molecule has 1 aromatic heterocycles. The van der Waals surface area contributed by atoms with Crippen molar-refractivity contribution >= 4 is 34.5 Å². The van der Waals surface area contributed by atoms with E-state index in [1.165, 1.54) is 24.2 Å². The minimum absolute atomic E-state index is 0.00882. The zero-order chi connectivity index (χ0) is 19.1. The standard InChI is InChI=1S/C19H25N5O2S/c20-11-18-23-16(13-27-18)19(26)22-15-7-5-14(6-8-15)21-17(25)12-24-9-3-1-2-4-10-24/h5-8,13H,1-4,9-12,20H2,(H,21,25)(H,22,26). The summed E-state index contributed by atoms with van der Waals surface area (Å²) in [6.07, 6.45) is 4.82. The van der Waals surface area contributed by atoms with Gasteiger partial charge in [-0.3, -0.25) is 14.5 Å². The fourth-order valence-electron chi connectivity index (χ4n) is 3.04. The predicted molar refractivity (Wildman–Crippen MR) is 108 cm³/mol. The first-order valence-electron chi connectivity index (χ1n) is 9.22. The van der Waals surface area contributed by atoms with Crippen LogP contribution in [-0.4, -0.2) is 41.3 Å². The highest BCUT2D eigenvalue weighted by atomic mass is 32.1. The van der Waals surface area contributed by atoms with Crippen LogP contribution in [0.2, 0.25) is 0 Å². The van der Waals surface area contributed by atoms with E-state index < -0.39 is 0 Å². The monoisotopic (exact) mass is 387 g/mol. The number of nitrogens with one attached hydrogen (secondary N) is 2. The Labute approximate surface area is 163 Å². The average molecular weight is 388 g/mol.